The summed E-state index contributed by atoms with van der Waals surface area (Å²) in [5.74, 6) is 0. The van der Waals surface area contributed by atoms with E-state index in [-0.39, 0.29) is 0 Å². The summed E-state index contributed by atoms with van der Waals surface area (Å²) < 4.78 is 0. The van der Waals surface area contributed by atoms with Gasteiger partial charge in [0.15, 0.2) is 0 Å². The molecule has 2 heterocycles. The van der Waals surface area contributed by atoms with Crippen LogP contribution in [0.5, 0.6) is 0 Å². The molecule has 13 heavy (non-hydrogen) atoms. The van der Waals surface area contributed by atoms with Crippen molar-refractivity contribution in [1.29, 1.82) is 0 Å². The molecule has 2 fully saturated rings. The van der Waals surface area contributed by atoms with E-state index in [0.717, 1.165) is 12.5 Å². The van der Waals surface area contributed by atoms with Gasteiger partial charge in [-0.2, -0.15) is 0 Å². The number of rotatable bonds is 1. The van der Waals surface area contributed by atoms with Crippen molar-refractivity contribution in [1.82, 2.24) is 9.80 Å². The maximum atomic E-state index is 5.36. The molecule has 74 valence electrons. The molecule has 0 aromatic heterocycles. The van der Waals surface area contributed by atoms with Crippen LogP contribution in [0.3, 0.4) is 0 Å². The minimum atomic E-state index is 0.756. The molecule has 0 radical (unpaired) electrons. The van der Waals surface area contributed by atoms with Crippen LogP contribution in [0.4, 0.5) is 0 Å². The highest BCUT2D eigenvalue weighted by Crippen LogP contribution is 2.22. The maximum Gasteiger partial charge on any atom is 0.0782 e. The van der Waals surface area contributed by atoms with Gasteiger partial charge in [0.25, 0.3) is 0 Å². The van der Waals surface area contributed by atoms with Gasteiger partial charge in [-0.15, -0.1) is 0 Å². The molecule has 0 amide bonds. The third-order valence-corrected chi connectivity index (χ3v) is 3.68. The highest BCUT2D eigenvalue weighted by molar-refractivity contribution is 7.80. The predicted molar refractivity (Wildman–Crippen MR) is 59.1 cm³/mol. The molecule has 0 N–H and O–H groups in total. The number of hydrogen-bond donors (Lipinski definition) is 0. The molecular weight excluding hydrogens is 180 g/mol. The molecule has 0 spiro atoms. The van der Waals surface area contributed by atoms with Crippen LogP contribution in [0.25, 0.3) is 0 Å². The van der Waals surface area contributed by atoms with Crippen molar-refractivity contribution in [3.05, 3.63) is 0 Å². The zero-order valence-corrected chi connectivity index (χ0v) is 9.15. The Morgan fingerprint density at radius 1 is 1.23 bits per heavy atom. The van der Waals surface area contributed by atoms with E-state index in [2.05, 4.69) is 16.8 Å². The average molecular weight is 198 g/mol. The highest BCUT2D eigenvalue weighted by atomic mass is 32.1. The lowest BCUT2D eigenvalue weighted by Gasteiger charge is -2.36. The summed E-state index contributed by atoms with van der Waals surface area (Å²) in [5, 5.41) is 0. The molecule has 3 heteroatoms. The molecule has 2 aliphatic heterocycles. The van der Waals surface area contributed by atoms with E-state index in [9.17, 15) is 0 Å². The van der Waals surface area contributed by atoms with Crippen molar-refractivity contribution in [3.8, 4) is 0 Å². The number of nitrogens with zero attached hydrogens (tertiary/aromatic N) is 2. The molecule has 0 saturated carbocycles. The van der Waals surface area contributed by atoms with E-state index in [1.54, 1.807) is 0 Å². The first kappa shape index (κ1) is 9.41. The summed E-state index contributed by atoms with van der Waals surface area (Å²) in [5.41, 5.74) is 0. The molecule has 2 saturated heterocycles. The summed E-state index contributed by atoms with van der Waals surface area (Å²) in [6.07, 6.45) is 5.04. The normalized spacial score (nSPS) is 27.2. The first-order valence-electron chi connectivity index (χ1n) is 5.25. The minimum absolute atomic E-state index is 0.756. The first-order chi connectivity index (χ1) is 6.27. The second-order valence-corrected chi connectivity index (χ2v) is 4.70. The third kappa shape index (κ3) is 2.02. The standard InChI is InChI=1S/C10H18N2S/c1-11-7-4-9(5-8-11)12-6-2-3-10(12)13/h9H,2-8H2,1H3. The van der Waals surface area contributed by atoms with Crippen LogP contribution in [0.15, 0.2) is 0 Å². The Morgan fingerprint density at radius 2 is 1.92 bits per heavy atom. The van der Waals surface area contributed by atoms with Gasteiger partial charge in [-0.3, -0.25) is 0 Å². The molecule has 2 nitrogen and oxygen atoms in total. The van der Waals surface area contributed by atoms with Gasteiger partial charge < -0.3 is 9.80 Å². The molecule has 0 aromatic carbocycles. The highest BCUT2D eigenvalue weighted by Gasteiger charge is 2.27. The van der Waals surface area contributed by atoms with Crippen molar-refractivity contribution >= 4 is 17.2 Å². The van der Waals surface area contributed by atoms with Gasteiger partial charge in [0, 0.05) is 12.6 Å². The van der Waals surface area contributed by atoms with Crippen molar-refractivity contribution in [2.24, 2.45) is 0 Å². The first-order valence-corrected chi connectivity index (χ1v) is 5.66. The van der Waals surface area contributed by atoms with E-state index in [1.165, 1.54) is 43.9 Å². The summed E-state index contributed by atoms with van der Waals surface area (Å²) in [4.78, 5) is 6.10. The second kappa shape index (κ2) is 3.93. The van der Waals surface area contributed by atoms with Crippen molar-refractivity contribution < 1.29 is 0 Å². The quantitative estimate of drug-likeness (QED) is 0.590. The summed E-state index contributed by atoms with van der Waals surface area (Å²) in [6.45, 7) is 3.70. The van der Waals surface area contributed by atoms with Gasteiger partial charge >= 0.3 is 0 Å². The van der Waals surface area contributed by atoms with Crippen molar-refractivity contribution in [2.75, 3.05) is 26.7 Å². The lowest BCUT2D eigenvalue weighted by molar-refractivity contribution is 0.184. The lowest BCUT2D eigenvalue weighted by Crippen LogP contribution is -2.43. The monoisotopic (exact) mass is 198 g/mol. The molecule has 2 aliphatic rings. The third-order valence-electron chi connectivity index (χ3n) is 3.24. The Balaban J connectivity index is 1.90. The molecule has 2 rings (SSSR count). The zero-order chi connectivity index (χ0) is 9.26. The Kier molecular flexibility index (Phi) is 2.84. The summed E-state index contributed by atoms with van der Waals surface area (Å²) in [6, 6.07) is 0.756. The fourth-order valence-corrected chi connectivity index (χ4v) is 2.75. The molecule has 0 aromatic rings. The summed E-state index contributed by atoms with van der Waals surface area (Å²) in [7, 11) is 2.21. The van der Waals surface area contributed by atoms with E-state index in [1.807, 2.05) is 0 Å². The topological polar surface area (TPSA) is 6.48 Å². The van der Waals surface area contributed by atoms with Crippen LogP contribution in [-0.4, -0.2) is 47.5 Å². The fourth-order valence-electron chi connectivity index (χ4n) is 2.36. The number of piperidine rings is 1. The Bertz CT molecular complexity index is 197. The number of hydrogen-bond acceptors (Lipinski definition) is 2. The second-order valence-electron chi connectivity index (χ2n) is 4.23. The van der Waals surface area contributed by atoms with Crippen LogP contribution >= 0.6 is 12.2 Å². The lowest BCUT2D eigenvalue weighted by atomic mass is 10.0. The minimum Gasteiger partial charge on any atom is -0.363 e. The molecule has 0 atom stereocenters. The largest absolute Gasteiger partial charge is 0.363 e. The van der Waals surface area contributed by atoms with Crippen molar-refractivity contribution in [2.45, 2.75) is 31.7 Å². The predicted octanol–water partition coefficient (Wildman–Crippen LogP) is 1.50. The zero-order valence-electron chi connectivity index (χ0n) is 8.33. The van der Waals surface area contributed by atoms with E-state index in [4.69, 9.17) is 12.2 Å². The van der Waals surface area contributed by atoms with Crippen molar-refractivity contribution in [3.63, 3.8) is 0 Å². The molecule has 0 aliphatic carbocycles. The van der Waals surface area contributed by atoms with E-state index in [0.29, 0.717) is 0 Å². The van der Waals surface area contributed by atoms with E-state index < -0.39 is 0 Å². The fraction of sp³-hybridized carbons (Fsp3) is 0.900. The summed E-state index contributed by atoms with van der Waals surface area (Å²) >= 11 is 5.36. The van der Waals surface area contributed by atoms with Crippen LogP contribution in [0.2, 0.25) is 0 Å². The van der Waals surface area contributed by atoms with Gasteiger partial charge in [0.1, 0.15) is 0 Å². The Labute approximate surface area is 85.9 Å². The molecule has 0 bridgehead atoms. The van der Waals surface area contributed by atoms with Gasteiger partial charge in [-0.05, 0) is 45.8 Å². The van der Waals surface area contributed by atoms with Gasteiger partial charge in [0.05, 0.1) is 4.99 Å². The Hall–Kier alpha value is -0.150. The molecular formula is C10H18N2S. The van der Waals surface area contributed by atoms with Crippen LogP contribution < -0.4 is 0 Å². The number of likely N-dealkylation sites (tertiary alicyclic amines) is 2. The molecule has 0 unspecified atom stereocenters. The number of thiocarbonyl (C=S) groups is 1. The van der Waals surface area contributed by atoms with Gasteiger partial charge in [-0.25, -0.2) is 0 Å². The van der Waals surface area contributed by atoms with Gasteiger partial charge in [-0.1, -0.05) is 12.2 Å². The maximum absolute atomic E-state index is 5.36. The van der Waals surface area contributed by atoms with E-state index >= 15 is 0 Å². The smallest absolute Gasteiger partial charge is 0.0782 e. The van der Waals surface area contributed by atoms with Crippen LogP contribution in [-0.2, 0) is 0 Å². The van der Waals surface area contributed by atoms with Crippen LogP contribution in [0, 0.1) is 0 Å². The SMILES string of the molecule is CN1CCC(N2CCCC2=S)CC1. The Morgan fingerprint density at radius 3 is 2.46 bits per heavy atom. The average Bonchev–Trinajstić information content (AvgIpc) is 2.53. The van der Waals surface area contributed by atoms with Crippen LogP contribution in [0.1, 0.15) is 25.7 Å². The van der Waals surface area contributed by atoms with Gasteiger partial charge in [0.2, 0.25) is 0 Å².